The average Bonchev–Trinajstić information content (AvgIpc) is 3.20. The van der Waals surface area contributed by atoms with Crippen molar-refractivity contribution in [3.63, 3.8) is 0 Å². The number of imide groups is 1. The second kappa shape index (κ2) is 6.81. The van der Waals surface area contributed by atoms with E-state index in [1.807, 2.05) is 54.6 Å². The lowest BCUT2D eigenvalue weighted by molar-refractivity contribution is -0.153. The summed E-state index contributed by atoms with van der Waals surface area (Å²) >= 11 is 0. The maximum Gasteiger partial charge on any atom is 0.325 e. The summed E-state index contributed by atoms with van der Waals surface area (Å²) in [7, 11) is 1.44. The van der Waals surface area contributed by atoms with Crippen LogP contribution in [0.3, 0.4) is 0 Å². The summed E-state index contributed by atoms with van der Waals surface area (Å²) < 4.78 is 0. The summed E-state index contributed by atoms with van der Waals surface area (Å²) in [5.74, 6) is -3.86. The van der Waals surface area contributed by atoms with Crippen LogP contribution >= 0.6 is 0 Å². The van der Waals surface area contributed by atoms with E-state index in [4.69, 9.17) is 0 Å². The molecule has 0 saturated carbocycles. The second-order valence-electron chi connectivity index (χ2n) is 8.18. The van der Waals surface area contributed by atoms with Gasteiger partial charge in [0.15, 0.2) is 0 Å². The number of carboxylic acids is 1. The molecule has 2 N–H and O–H groups in total. The van der Waals surface area contributed by atoms with Gasteiger partial charge in [-0.25, -0.2) is 0 Å². The molecule has 0 radical (unpaired) electrons. The number of fused-ring (bicyclic) bond motifs is 1. The van der Waals surface area contributed by atoms with E-state index >= 15 is 0 Å². The summed E-state index contributed by atoms with van der Waals surface area (Å²) in [5, 5.41) is 13.3. The Hall–Kier alpha value is -2.99. The number of hydrogen-bond donors (Lipinski definition) is 2. The highest BCUT2D eigenvalue weighted by atomic mass is 16.4. The summed E-state index contributed by atoms with van der Waals surface area (Å²) in [6.45, 7) is 3.55. The molecule has 4 rings (SSSR count). The number of nitrogens with one attached hydrogen (secondary N) is 1. The molecule has 0 spiro atoms. The number of likely N-dealkylation sites (tertiary alicyclic amines) is 1. The first kappa shape index (κ1) is 19.3. The fourth-order valence-electron chi connectivity index (χ4n) is 4.86. The molecule has 6 heteroatoms. The molecule has 0 aliphatic carbocycles. The quantitative estimate of drug-likeness (QED) is 0.782. The van der Waals surface area contributed by atoms with E-state index in [2.05, 4.69) is 5.32 Å². The Bertz CT molecular complexity index is 970. The van der Waals surface area contributed by atoms with Crippen LogP contribution in [0.4, 0.5) is 0 Å². The Morgan fingerprint density at radius 2 is 1.59 bits per heavy atom. The van der Waals surface area contributed by atoms with Gasteiger partial charge in [-0.15, -0.1) is 0 Å². The van der Waals surface area contributed by atoms with Crippen molar-refractivity contribution in [2.24, 2.45) is 17.8 Å². The number of hydrogen-bond acceptors (Lipinski definition) is 4. The maximum absolute atomic E-state index is 12.9. The summed E-state index contributed by atoms with van der Waals surface area (Å²) in [6, 6.07) is 17.1. The highest BCUT2D eigenvalue weighted by molar-refractivity contribution is 6.09. The second-order valence-corrected chi connectivity index (χ2v) is 8.18. The van der Waals surface area contributed by atoms with Crippen molar-refractivity contribution in [1.82, 2.24) is 10.2 Å². The standard InChI is InChI=1S/C23H24N2O4/c1-13(2)23(22(28)29)18-17(20(26)25(3)21(18)27)19(24-23)16-11-9-15(10-12-16)14-7-5-4-6-8-14/h4-13,17-19,24H,1-3H3,(H,28,29). The van der Waals surface area contributed by atoms with Gasteiger partial charge in [-0.2, -0.15) is 0 Å². The zero-order valence-electron chi connectivity index (χ0n) is 16.6. The molecular weight excluding hydrogens is 368 g/mol. The zero-order chi connectivity index (χ0) is 20.9. The number of amides is 2. The lowest BCUT2D eigenvalue weighted by Gasteiger charge is -2.34. The molecule has 0 bridgehead atoms. The van der Waals surface area contributed by atoms with Gasteiger partial charge in [0, 0.05) is 13.1 Å². The predicted molar refractivity (Wildman–Crippen MR) is 108 cm³/mol. The topological polar surface area (TPSA) is 86.7 Å². The highest BCUT2D eigenvalue weighted by Crippen LogP contribution is 2.51. The Kier molecular flexibility index (Phi) is 4.54. The first-order valence-corrected chi connectivity index (χ1v) is 9.77. The van der Waals surface area contributed by atoms with Crippen LogP contribution in [0.1, 0.15) is 25.5 Å². The van der Waals surface area contributed by atoms with Gasteiger partial charge in [-0.3, -0.25) is 24.6 Å². The van der Waals surface area contributed by atoms with Crippen molar-refractivity contribution in [2.75, 3.05) is 7.05 Å². The molecule has 2 aromatic carbocycles. The molecule has 2 heterocycles. The van der Waals surface area contributed by atoms with Crippen LogP contribution in [-0.2, 0) is 14.4 Å². The van der Waals surface area contributed by atoms with Gasteiger partial charge in [-0.05, 0) is 22.6 Å². The van der Waals surface area contributed by atoms with Crippen LogP contribution in [0.25, 0.3) is 11.1 Å². The molecule has 150 valence electrons. The summed E-state index contributed by atoms with van der Waals surface area (Å²) in [4.78, 5) is 39.1. The third-order valence-corrected chi connectivity index (χ3v) is 6.46. The minimum atomic E-state index is -1.48. The molecule has 2 aliphatic rings. The van der Waals surface area contributed by atoms with E-state index in [0.29, 0.717) is 0 Å². The number of carbonyl (C=O) groups excluding carboxylic acids is 2. The third-order valence-electron chi connectivity index (χ3n) is 6.46. The molecule has 4 atom stereocenters. The molecule has 6 nitrogen and oxygen atoms in total. The molecule has 2 saturated heterocycles. The normalized spacial score (nSPS) is 28.8. The van der Waals surface area contributed by atoms with Crippen molar-refractivity contribution in [3.05, 3.63) is 60.2 Å². The maximum atomic E-state index is 12.9. The van der Waals surface area contributed by atoms with Crippen LogP contribution in [0.15, 0.2) is 54.6 Å². The first-order valence-electron chi connectivity index (χ1n) is 9.77. The molecule has 29 heavy (non-hydrogen) atoms. The molecule has 2 aromatic rings. The van der Waals surface area contributed by atoms with Gasteiger partial charge >= 0.3 is 5.97 Å². The monoisotopic (exact) mass is 392 g/mol. The molecular formula is C23H24N2O4. The van der Waals surface area contributed by atoms with Gasteiger partial charge < -0.3 is 5.11 Å². The molecule has 4 unspecified atom stereocenters. The van der Waals surface area contributed by atoms with Crippen LogP contribution in [-0.4, -0.2) is 40.4 Å². The molecule has 2 fully saturated rings. The number of rotatable bonds is 4. The minimum absolute atomic E-state index is 0.326. The predicted octanol–water partition coefficient (Wildman–Crippen LogP) is 2.71. The number of nitrogens with zero attached hydrogens (tertiary/aromatic N) is 1. The Balaban J connectivity index is 1.77. The van der Waals surface area contributed by atoms with E-state index in [1.165, 1.54) is 7.05 Å². The molecule has 2 aliphatic heterocycles. The fourth-order valence-corrected chi connectivity index (χ4v) is 4.86. The van der Waals surface area contributed by atoms with E-state index in [1.54, 1.807) is 13.8 Å². The van der Waals surface area contributed by atoms with E-state index < -0.39 is 35.3 Å². The van der Waals surface area contributed by atoms with Crippen LogP contribution in [0.5, 0.6) is 0 Å². The van der Waals surface area contributed by atoms with Crippen LogP contribution in [0, 0.1) is 17.8 Å². The van der Waals surface area contributed by atoms with E-state index in [9.17, 15) is 19.5 Å². The van der Waals surface area contributed by atoms with Gasteiger partial charge in [0.05, 0.1) is 11.8 Å². The van der Waals surface area contributed by atoms with Crippen molar-refractivity contribution in [1.29, 1.82) is 0 Å². The molecule has 2 amide bonds. The summed E-state index contributed by atoms with van der Waals surface area (Å²) in [6.07, 6.45) is 0. The van der Waals surface area contributed by atoms with Crippen molar-refractivity contribution >= 4 is 17.8 Å². The largest absolute Gasteiger partial charge is 0.480 e. The van der Waals surface area contributed by atoms with Crippen molar-refractivity contribution in [2.45, 2.75) is 25.4 Å². The van der Waals surface area contributed by atoms with Gasteiger partial charge in [0.1, 0.15) is 5.54 Å². The average molecular weight is 392 g/mol. The van der Waals surface area contributed by atoms with Gasteiger partial charge in [0.2, 0.25) is 11.8 Å². The van der Waals surface area contributed by atoms with E-state index in [-0.39, 0.29) is 11.8 Å². The molecule has 0 aromatic heterocycles. The minimum Gasteiger partial charge on any atom is -0.480 e. The SMILES string of the molecule is CC(C)C1(C(=O)O)NC(c2ccc(-c3ccccc3)cc2)C2C(=O)N(C)C(=O)C21. The third kappa shape index (κ3) is 2.70. The smallest absolute Gasteiger partial charge is 0.325 e. The number of carbonyl (C=O) groups is 3. The Labute approximate surface area is 169 Å². The Morgan fingerprint density at radius 3 is 2.14 bits per heavy atom. The lowest BCUT2D eigenvalue weighted by atomic mass is 9.73. The number of aliphatic carboxylic acids is 1. The Morgan fingerprint density at radius 1 is 1.00 bits per heavy atom. The fraction of sp³-hybridized carbons (Fsp3) is 0.348. The van der Waals surface area contributed by atoms with Crippen LogP contribution < -0.4 is 5.32 Å². The lowest BCUT2D eigenvalue weighted by Crippen LogP contribution is -2.59. The first-order chi connectivity index (χ1) is 13.8. The van der Waals surface area contributed by atoms with Gasteiger partial charge in [-0.1, -0.05) is 68.4 Å². The van der Waals surface area contributed by atoms with E-state index in [0.717, 1.165) is 21.6 Å². The van der Waals surface area contributed by atoms with Gasteiger partial charge in [0.25, 0.3) is 0 Å². The zero-order valence-corrected chi connectivity index (χ0v) is 16.6. The number of benzene rings is 2. The van der Waals surface area contributed by atoms with Crippen molar-refractivity contribution in [3.8, 4) is 11.1 Å². The number of carboxylic acid groups (broad SMARTS) is 1. The highest BCUT2D eigenvalue weighted by Gasteiger charge is 2.68. The van der Waals surface area contributed by atoms with Crippen LogP contribution in [0.2, 0.25) is 0 Å². The van der Waals surface area contributed by atoms with Crippen molar-refractivity contribution < 1.29 is 19.5 Å². The summed E-state index contributed by atoms with van der Waals surface area (Å²) in [5.41, 5.74) is 1.43.